The lowest BCUT2D eigenvalue weighted by atomic mass is 10.1. The highest BCUT2D eigenvalue weighted by Gasteiger charge is 2.25. The van der Waals surface area contributed by atoms with Crippen molar-refractivity contribution in [1.82, 2.24) is 5.32 Å². The molecular formula is C21H20N2O5S. The third-order valence-corrected chi connectivity index (χ3v) is 4.92. The molecule has 7 nitrogen and oxygen atoms in total. The number of benzene rings is 2. The third kappa shape index (κ3) is 4.78. The van der Waals surface area contributed by atoms with Crippen molar-refractivity contribution in [2.24, 2.45) is 4.99 Å². The molecule has 3 rings (SSSR count). The third-order valence-electron chi connectivity index (χ3n) is 4.01. The summed E-state index contributed by atoms with van der Waals surface area (Å²) in [5.74, 6) is 0.0991. The van der Waals surface area contributed by atoms with Gasteiger partial charge in [0.15, 0.2) is 16.7 Å². The highest BCUT2D eigenvalue weighted by Crippen LogP contribution is 2.40. The first-order valence-corrected chi connectivity index (χ1v) is 9.52. The van der Waals surface area contributed by atoms with Gasteiger partial charge in [-0.15, -0.1) is 0 Å². The van der Waals surface area contributed by atoms with Gasteiger partial charge in [-0.2, -0.15) is 0 Å². The molecule has 1 saturated heterocycles. The predicted molar refractivity (Wildman–Crippen MR) is 113 cm³/mol. The molecule has 150 valence electrons. The number of nitrogens with zero attached hydrogens (tertiary/aromatic N) is 1. The van der Waals surface area contributed by atoms with E-state index in [1.54, 1.807) is 18.2 Å². The van der Waals surface area contributed by atoms with Crippen LogP contribution in [0.25, 0.3) is 6.08 Å². The minimum Gasteiger partial charge on any atom is -0.493 e. The molecule has 29 heavy (non-hydrogen) atoms. The number of amidine groups is 1. The first-order chi connectivity index (χ1) is 13.9. The second-order valence-corrected chi connectivity index (χ2v) is 7.15. The Balaban J connectivity index is 1.93. The highest BCUT2D eigenvalue weighted by atomic mass is 32.2. The summed E-state index contributed by atoms with van der Waals surface area (Å²) in [5, 5.41) is 3.27. The predicted octanol–water partition coefficient (Wildman–Crippen LogP) is 3.83. The van der Waals surface area contributed by atoms with Crippen molar-refractivity contribution in [2.75, 3.05) is 14.2 Å². The van der Waals surface area contributed by atoms with Crippen LogP contribution in [-0.4, -0.2) is 31.3 Å². The second-order valence-electron chi connectivity index (χ2n) is 6.12. The summed E-state index contributed by atoms with van der Waals surface area (Å²) in [6.07, 6.45) is 1.70. The molecule has 1 fully saturated rings. The lowest BCUT2D eigenvalue weighted by Gasteiger charge is -2.13. The second kappa shape index (κ2) is 8.83. The highest BCUT2D eigenvalue weighted by molar-refractivity contribution is 8.18. The van der Waals surface area contributed by atoms with Crippen LogP contribution in [0, 0.1) is 6.92 Å². The Hall–Kier alpha value is -3.26. The van der Waals surface area contributed by atoms with E-state index in [2.05, 4.69) is 10.3 Å². The maximum absolute atomic E-state index is 12.4. The number of carbonyl (C=O) groups is 2. The van der Waals surface area contributed by atoms with Crippen LogP contribution in [0.15, 0.2) is 46.3 Å². The zero-order valence-electron chi connectivity index (χ0n) is 16.4. The topological polar surface area (TPSA) is 86.2 Å². The molecule has 0 radical (unpaired) electrons. The zero-order chi connectivity index (χ0) is 21.0. The van der Waals surface area contributed by atoms with E-state index >= 15 is 0 Å². The molecule has 2 aromatic carbocycles. The van der Waals surface area contributed by atoms with Gasteiger partial charge in [0.25, 0.3) is 5.91 Å². The number of aliphatic imine (C=N–C) groups is 1. The average Bonchev–Trinajstić information content (AvgIpc) is 3.03. The molecule has 0 unspecified atom stereocenters. The summed E-state index contributed by atoms with van der Waals surface area (Å²) in [7, 11) is 2.92. The summed E-state index contributed by atoms with van der Waals surface area (Å²) in [4.78, 5) is 28.7. The van der Waals surface area contributed by atoms with Crippen molar-refractivity contribution in [3.8, 4) is 17.2 Å². The van der Waals surface area contributed by atoms with Crippen molar-refractivity contribution in [3.05, 3.63) is 52.4 Å². The summed E-state index contributed by atoms with van der Waals surface area (Å²) in [6, 6.07) is 11.0. The first kappa shape index (κ1) is 20.5. The summed E-state index contributed by atoms with van der Waals surface area (Å²) >= 11 is 1.24. The first-order valence-electron chi connectivity index (χ1n) is 8.71. The van der Waals surface area contributed by atoms with Crippen LogP contribution >= 0.6 is 11.8 Å². The summed E-state index contributed by atoms with van der Waals surface area (Å²) in [6.45, 7) is 3.25. The van der Waals surface area contributed by atoms with Crippen molar-refractivity contribution in [3.63, 3.8) is 0 Å². The van der Waals surface area contributed by atoms with E-state index in [0.717, 1.165) is 11.3 Å². The van der Waals surface area contributed by atoms with Crippen LogP contribution < -0.4 is 19.5 Å². The smallest absolute Gasteiger partial charge is 0.308 e. The number of nitrogens with one attached hydrogen (secondary N) is 1. The molecule has 8 heteroatoms. The van der Waals surface area contributed by atoms with E-state index in [1.165, 1.54) is 32.9 Å². The number of hydrogen-bond donors (Lipinski definition) is 1. The van der Waals surface area contributed by atoms with Gasteiger partial charge in [0.2, 0.25) is 5.75 Å². The maximum Gasteiger partial charge on any atom is 0.308 e. The van der Waals surface area contributed by atoms with Crippen LogP contribution in [0.4, 0.5) is 5.69 Å². The molecule has 0 aromatic heterocycles. The quantitative estimate of drug-likeness (QED) is 0.456. The number of hydrogen-bond acceptors (Lipinski definition) is 7. The van der Waals surface area contributed by atoms with Crippen LogP contribution in [-0.2, 0) is 9.59 Å². The number of carbonyl (C=O) groups excluding carboxylic acids is 2. The fourth-order valence-electron chi connectivity index (χ4n) is 2.66. The van der Waals surface area contributed by atoms with Gasteiger partial charge in [0, 0.05) is 6.92 Å². The van der Waals surface area contributed by atoms with Crippen LogP contribution in [0.5, 0.6) is 17.2 Å². The van der Waals surface area contributed by atoms with E-state index < -0.39 is 5.97 Å². The van der Waals surface area contributed by atoms with Gasteiger partial charge in [-0.25, -0.2) is 4.99 Å². The number of para-hydroxylation sites is 1. The van der Waals surface area contributed by atoms with Gasteiger partial charge in [0.05, 0.1) is 24.8 Å². The van der Waals surface area contributed by atoms with Gasteiger partial charge in [-0.05, 0) is 54.1 Å². The summed E-state index contributed by atoms with van der Waals surface area (Å²) < 4.78 is 15.8. The van der Waals surface area contributed by atoms with Gasteiger partial charge < -0.3 is 19.5 Å². The van der Waals surface area contributed by atoms with Crippen molar-refractivity contribution in [1.29, 1.82) is 0 Å². The largest absolute Gasteiger partial charge is 0.493 e. The van der Waals surface area contributed by atoms with E-state index in [-0.39, 0.29) is 11.7 Å². The Morgan fingerprint density at radius 2 is 1.79 bits per heavy atom. The molecule has 1 N–H and O–H groups in total. The zero-order valence-corrected chi connectivity index (χ0v) is 17.3. The number of methoxy groups -OCH3 is 2. The summed E-state index contributed by atoms with van der Waals surface area (Å²) in [5.41, 5.74) is 2.47. The Bertz CT molecular complexity index is 1000. The number of amides is 1. The molecule has 1 aliphatic rings. The standard InChI is InChI=1S/C21H20N2O5S/c1-12-7-5-6-8-15(12)22-21-23-20(25)18(29-21)11-14-9-16(26-3)19(28-13(2)24)17(10-14)27-4/h5-11H,1-4H3,(H,22,23,25)/b18-11+. The molecule has 1 aliphatic heterocycles. The Morgan fingerprint density at radius 3 is 2.38 bits per heavy atom. The monoisotopic (exact) mass is 412 g/mol. The molecule has 1 amide bonds. The maximum atomic E-state index is 12.4. The number of ether oxygens (including phenoxy) is 3. The molecule has 0 bridgehead atoms. The fraction of sp³-hybridized carbons (Fsp3) is 0.190. The molecule has 0 saturated carbocycles. The number of aryl methyl sites for hydroxylation is 1. The number of thioether (sulfide) groups is 1. The van der Waals surface area contributed by atoms with Crippen molar-refractivity contribution >= 4 is 40.6 Å². The normalized spacial score (nSPS) is 16.1. The van der Waals surface area contributed by atoms with Crippen molar-refractivity contribution < 1.29 is 23.8 Å². The minimum atomic E-state index is -0.490. The lowest BCUT2D eigenvalue weighted by Crippen LogP contribution is -2.19. The Morgan fingerprint density at radius 1 is 1.14 bits per heavy atom. The van der Waals surface area contributed by atoms with Gasteiger partial charge >= 0.3 is 5.97 Å². The van der Waals surface area contributed by atoms with E-state index in [4.69, 9.17) is 14.2 Å². The van der Waals surface area contributed by atoms with Gasteiger partial charge in [0.1, 0.15) is 0 Å². The Labute approximate surface area is 172 Å². The fourth-order valence-corrected chi connectivity index (χ4v) is 3.49. The molecule has 0 atom stereocenters. The average molecular weight is 412 g/mol. The van der Waals surface area contributed by atoms with Crippen LogP contribution in [0.2, 0.25) is 0 Å². The lowest BCUT2D eigenvalue weighted by molar-refractivity contribution is -0.132. The Kier molecular flexibility index (Phi) is 6.23. The van der Waals surface area contributed by atoms with E-state index in [1.807, 2.05) is 31.2 Å². The molecule has 2 aromatic rings. The van der Waals surface area contributed by atoms with Gasteiger partial charge in [-0.1, -0.05) is 18.2 Å². The van der Waals surface area contributed by atoms with Gasteiger partial charge in [-0.3, -0.25) is 9.59 Å². The minimum absolute atomic E-state index is 0.190. The molecule has 0 spiro atoms. The van der Waals surface area contributed by atoms with Crippen molar-refractivity contribution in [2.45, 2.75) is 13.8 Å². The number of rotatable bonds is 5. The SMILES string of the molecule is COc1cc(/C=C2/SC(=Nc3ccccc3C)NC2=O)cc(OC)c1OC(C)=O. The van der Waals surface area contributed by atoms with Crippen LogP contribution in [0.1, 0.15) is 18.1 Å². The van der Waals surface area contributed by atoms with Crippen LogP contribution in [0.3, 0.4) is 0 Å². The number of esters is 1. The van der Waals surface area contributed by atoms with E-state index in [9.17, 15) is 9.59 Å². The van der Waals surface area contributed by atoms with E-state index in [0.29, 0.717) is 27.1 Å². The molecular weight excluding hydrogens is 392 g/mol. The molecule has 0 aliphatic carbocycles. The molecule has 1 heterocycles.